The Labute approximate surface area is 105 Å². The van der Waals surface area contributed by atoms with Crippen LogP contribution in [0.3, 0.4) is 0 Å². The third-order valence-corrected chi connectivity index (χ3v) is 4.54. The SMILES string of the molecule is COC(=O)C1(CNCC(C)(C)C(C)C)CCC1. The van der Waals surface area contributed by atoms with Crippen LogP contribution in [0, 0.1) is 16.7 Å². The molecule has 0 aromatic carbocycles. The van der Waals surface area contributed by atoms with Gasteiger partial charge in [0.15, 0.2) is 0 Å². The molecular weight excluding hydrogens is 214 g/mol. The Balaban J connectivity index is 2.42. The van der Waals surface area contributed by atoms with Crippen molar-refractivity contribution in [2.24, 2.45) is 16.7 Å². The summed E-state index contributed by atoms with van der Waals surface area (Å²) in [6.45, 7) is 10.7. The van der Waals surface area contributed by atoms with Gasteiger partial charge in [0, 0.05) is 13.1 Å². The van der Waals surface area contributed by atoms with Gasteiger partial charge in [-0.05, 0) is 24.2 Å². The number of carbonyl (C=O) groups is 1. The molecule has 0 spiro atoms. The second-order valence-electron chi connectivity index (χ2n) is 6.37. The van der Waals surface area contributed by atoms with Crippen molar-refractivity contribution in [3.8, 4) is 0 Å². The van der Waals surface area contributed by atoms with E-state index in [1.54, 1.807) is 0 Å². The molecule has 1 fully saturated rings. The number of hydrogen-bond donors (Lipinski definition) is 1. The van der Waals surface area contributed by atoms with Gasteiger partial charge in [-0.15, -0.1) is 0 Å². The second-order valence-corrected chi connectivity index (χ2v) is 6.37. The molecule has 0 radical (unpaired) electrons. The predicted molar refractivity (Wildman–Crippen MR) is 69.8 cm³/mol. The van der Waals surface area contributed by atoms with Crippen LogP contribution in [0.25, 0.3) is 0 Å². The van der Waals surface area contributed by atoms with Crippen molar-refractivity contribution in [2.45, 2.75) is 47.0 Å². The number of esters is 1. The molecule has 1 N–H and O–H groups in total. The molecule has 1 rings (SSSR count). The van der Waals surface area contributed by atoms with Crippen molar-refractivity contribution in [2.75, 3.05) is 20.2 Å². The largest absolute Gasteiger partial charge is 0.469 e. The Morgan fingerprint density at radius 1 is 1.41 bits per heavy atom. The highest BCUT2D eigenvalue weighted by Crippen LogP contribution is 2.41. The number of nitrogens with one attached hydrogen (secondary N) is 1. The zero-order chi connectivity index (χ0) is 13.1. The van der Waals surface area contributed by atoms with Crippen LogP contribution in [0.15, 0.2) is 0 Å². The average Bonchev–Trinajstić information content (AvgIpc) is 2.20. The molecule has 0 bridgehead atoms. The third kappa shape index (κ3) is 3.21. The molecule has 1 saturated carbocycles. The fraction of sp³-hybridized carbons (Fsp3) is 0.929. The molecule has 3 nitrogen and oxygen atoms in total. The topological polar surface area (TPSA) is 38.3 Å². The molecule has 0 heterocycles. The maximum atomic E-state index is 11.7. The number of hydrogen-bond acceptors (Lipinski definition) is 3. The Kier molecular flexibility index (Phi) is 4.59. The molecule has 0 saturated heterocycles. The fourth-order valence-corrected chi connectivity index (χ4v) is 2.10. The van der Waals surface area contributed by atoms with Crippen LogP contribution in [0.4, 0.5) is 0 Å². The van der Waals surface area contributed by atoms with Gasteiger partial charge < -0.3 is 10.1 Å². The molecular formula is C14H27NO2. The van der Waals surface area contributed by atoms with Gasteiger partial charge in [0.25, 0.3) is 0 Å². The van der Waals surface area contributed by atoms with Gasteiger partial charge in [-0.25, -0.2) is 0 Å². The van der Waals surface area contributed by atoms with E-state index in [2.05, 4.69) is 33.0 Å². The van der Waals surface area contributed by atoms with Crippen molar-refractivity contribution in [3.05, 3.63) is 0 Å². The molecule has 1 aliphatic carbocycles. The van der Waals surface area contributed by atoms with Crippen LogP contribution in [-0.4, -0.2) is 26.2 Å². The number of ether oxygens (including phenoxy) is 1. The normalized spacial score (nSPS) is 18.9. The maximum Gasteiger partial charge on any atom is 0.313 e. The minimum Gasteiger partial charge on any atom is -0.469 e. The van der Waals surface area contributed by atoms with Gasteiger partial charge in [-0.1, -0.05) is 34.1 Å². The van der Waals surface area contributed by atoms with Gasteiger partial charge in [0.2, 0.25) is 0 Å². The van der Waals surface area contributed by atoms with E-state index in [4.69, 9.17) is 4.74 Å². The first kappa shape index (κ1) is 14.5. The van der Waals surface area contributed by atoms with E-state index in [9.17, 15) is 4.79 Å². The lowest BCUT2D eigenvalue weighted by Crippen LogP contribution is -2.48. The van der Waals surface area contributed by atoms with Crippen molar-refractivity contribution >= 4 is 5.97 Å². The van der Waals surface area contributed by atoms with Gasteiger partial charge in [-0.3, -0.25) is 4.79 Å². The van der Waals surface area contributed by atoms with Crippen LogP contribution in [0.2, 0.25) is 0 Å². The summed E-state index contributed by atoms with van der Waals surface area (Å²) in [6.07, 6.45) is 3.08. The van der Waals surface area contributed by atoms with E-state index in [0.717, 1.165) is 32.4 Å². The summed E-state index contributed by atoms with van der Waals surface area (Å²) in [4.78, 5) is 11.7. The van der Waals surface area contributed by atoms with Crippen molar-refractivity contribution < 1.29 is 9.53 Å². The van der Waals surface area contributed by atoms with Gasteiger partial charge in [-0.2, -0.15) is 0 Å². The van der Waals surface area contributed by atoms with E-state index in [-0.39, 0.29) is 16.8 Å². The van der Waals surface area contributed by atoms with E-state index in [0.29, 0.717) is 5.92 Å². The lowest BCUT2D eigenvalue weighted by Gasteiger charge is -2.40. The molecule has 0 atom stereocenters. The Morgan fingerprint density at radius 2 is 2.00 bits per heavy atom. The van der Waals surface area contributed by atoms with Crippen molar-refractivity contribution in [1.29, 1.82) is 0 Å². The van der Waals surface area contributed by atoms with E-state index in [1.807, 2.05) is 0 Å². The Hall–Kier alpha value is -0.570. The first-order valence-electron chi connectivity index (χ1n) is 6.63. The van der Waals surface area contributed by atoms with Gasteiger partial charge in [0.1, 0.15) is 0 Å². The van der Waals surface area contributed by atoms with Gasteiger partial charge in [0.05, 0.1) is 12.5 Å². The van der Waals surface area contributed by atoms with Crippen LogP contribution >= 0.6 is 0 Å². The maximum absolute atomic E-state index is 11.7. The quantitative estimate of drug-likeness (QED) is 0.726. The van der Waals surface area contributed by atoms with E-state index < -0.39 is 0 Å². The molecule has 0 unspecified atom stereocenters. The van der Waals surface area contributed by atoms with Crippen molar-refractivity contribution in [3.63, 3.8) is 0 Å². The summed E-state index contributed by atoms with van der Waals surface area (Å²) in [7, 11) is 1.49. The van der Waals surface area contributed by atoms with Crippen LogP contribution in [0.1, 0.15) is 47.0 Å². The van der Waals surface area contributed by atoms with Crippen LogP contribution < -0.4 is 5.32 Å². The monoisotopic (exact) mass is 241 g/mol. The minimum absolute atomic E-state index is 0.0430. The lowest BCUT2D eigenvalue weighted by molar-refractivity contribution is -0.158. The summed E-state index contributed by atoms with van der Waals surface area (Å²) in [5.41, 5.74) is 0.0306. The molecule has 3 heteroatoms. The molecule has 100 valence electrons. The molecule has 1 aliphatic rings. The van der Waals surface area contributed by atoms with Crippen LogP contribution in [-0.2, 0) is 9.53 Å². The number of carbonyl (C=O) groups excluding carboxylic acids is 1. The van der Waals surface area contributed by atoms with E-state index >= 15 is 0 Å². The molecule has 0 aromatic heterocycles. The summed E-state index contributed by atoms with van der Waals surface area (Å²) in [6, 6.07) is 0. The highest BCUT2D eigenvalue weighted by molar-refractivity contribution is 5.78. The second kappa shape index (κ2) is 5.38. The van der Waals surface area contributed by atoms with Crippen LogP contribution in [0.5, 0.6) is 0 Å². The smallest absolute Gasteiger partial charge is 0.313 e. The predicted octanol–water partition coefficient (Wildman–Crippen LogP) is 2.60. The number of rotatable bonds is 6. The van der Waals surface area contributed by atoms with E-state index in [1.165, 1.54) is 7.11 Å². The van der Waals surface area contributed by atoms with Crippen molar-refractivity contribution in [1.82, 2.24) is 5.32 Å². The first-order chi connectivity index (χ1) is 7.84. The summed E-state index contributed by atoms with van der Waals surface area (Å²) < 4.78 is 4.91. The summed E-state index contributed by atoms with van der Waals surface area (Å²) >= 11 is 0. The third-order valence-electron chi connectivity index (χ3n) is 4.54. The summed E-state index contributed by atoms with van der Waals surface area (Å²) in [5.74, 6) is 0.587. The molecule has 17 heavy (non-hydrogen) atoms. The molecule has 0 amide bonds. The minimum atomic E-state index is -0.234. The number of methoxy groups -OCH3 is 1. The Morgan fingerprint density at radius 3 is 2.35 bits per heavy atom. The zero-order valence-corrected chi connectivity index (χ0v) is 11.9. The highest BCUT2D eigenvalue weighted by atomic mass is 16.5. The standard InChI is InChI=1S/C14H27NO2/c1-11(2)13(3,4)9-15-10-14(7-6-8-14)12(16)17-5/h11,15H,6-10H2,1-5H3. The first-order valence-corrected chi connectivity index (χ1v) is 6.63. The average molecular weight is 241 g/mol. The lowest BCUT2D eigenvalue weighted by atomic mass is 9.68. The summed E-state index contributed by atoms with van der Waals surface area (Å²) in [5, 5.41) is 3.46. The van der Waals surface area contributed by atoms with Gasteiger partial charge >= 0.3 is 5.97 Å². The Bertz CT molecular complexity index is 267. The highest BCUT2D eigenvalue weighted by Gasteiger charge is 2.45. The fourth-order valence-electron chi connectivity index (χ4n) is 2.10. The molecule has 0 aliphatic heterocycles. The molecule has 0 aromatic rings. The zero-order valence-electron chi connectivity index (χ0n) is 11.9.